The van der Waals surface area contributed by atoms with Gasteiger partial charge < -0.3 is 18.9 Å². The maximum absolute atomic E-state index is 2.66. The molecule has 0 saturated carbocycles. The maximum Gasteiger partial charge on any atom is 0.252 e. The van der Waals surface area contributed by atoms with Crippen molar-refractivity contribution in [3.8, 4) is 55.9 Å². The van der Waals surface area contributed by atoms with Crippen LogP contribution in [0.4, 0.5) is 34.1 Å². The van der Waals surface area contributed by atoms with Crippen LogP contribution in [0.5, 0.6) is 0 Å². The van der Waals surface area contributed by atoms with Gasteiger partial charge in [-0.3, -0.25) is 0 Å². The topological polar surface area (TPSA) is 16.3 Å². The van der Waals surface area contributed by atoms with Gasteiger partial charge in [0, 0.05) is 61.4 Å². The number of nitrogens with zero attached hydrogens (tertiary/aromatic N) is 4. The first-order chi connectivity index (χ1) is 52.9. The van der Waals surface area contributed by atoms with Crippen LogP contribution in [0.3, 0.4) is 0 Å². The zero-order chi connectivity index (χ0) is 77.0. The van der Waals surface area contributed by atoms with Gasteiger partial charge in [-0.15, -0.1) is 0 Å². The number of hydrogen-bond acceptors (Lipinski definition) is 2. The van der Waals surface area contributed by atoms with Crippen molar-refractivity contribution in [1.29, 1.82) is 0 Å². The predicted octanol–water partition coefficient (Wildman–Crippen LogP) is 27.2. The van der Waals surface area contributed by atoms with Crippen molar-refractivity contribution in [2.24, 2.45) is 0 Å². The number of benzene rings is 13. The van der Waals surface area contributed by atoms with Gasteiger partial charge in [-0.2, -0.15) is 0 Å². The molecular weight excluding hydrogens is 1340 g/mol. The summed E-state index contributed by atoms with van der Waals surface area (Å²) in [4.78, 5) is 5.29. The van der Waals surface area contributed by atoms with Crippen molar-refractivity contribution < 1.29 is 0 Å². The fraction of sp³-hybridized carbons (Fsp3) is 0.264. The molecular formula is C106H103BN4. The molecule has 2 aliphatic heterocycles. The second-order valence-electron chi connectivity index (χ2n) is 38.8. The molecule has 0 atom stereocenters. The summed E-state index contributed by atoms with van der Waals surface area (Å²) in [5.41, 5.74) is 37.5. The average Bonchev–Trinajstić information content (AvgIpc) is 1.34. The van der Waals surface area contributed by atoms with Crippen molar-refractivity contribution in [2.75, 3.05) is 9.80 Å². The third-order valence-electron chi connectivity index (χ3n) is 26.5. The van der Waals surface area contributed by atoms with Crippen molar-refractivity contribution in [3.63, 3.8) is 0 Å². The van der Waals surface area contributed by atoms with Gasteiger partial charge in [-0.05, 0) is 254 Å². The summed E-state index contributed by atoms with van der Waals surface area (Å²) in [7, 11) is 0. The summed E-state index contributed by atoms with van der Waals surface area (Å²) >= 11 is 0. The largest absolute Gasteiger partial charge is 0.311 e. The van der Waals surface area contributed by atoms with E-state index in [-0.39, 0.29) is 44.6 Å². The third kappa shape index (κ3) is 11.5. The zero-order valence-electron chi connectivity index (χ0n) is 68.1. The Morgan fingerprint density at radius 2 is 0.649 bits per heavy atom. The van der Waals surface area contributed by atoms with Gasteiger partial charge in [0.25, 0.3) is 6.71 Å². The van der Waals surface area contributed by atoms with Gasteiger partial charge in [-0.25, -0.2) is 0 Å². The minimum Gasteiger partial charge on any atom is -0.311 e. The highest BCUT2D eigenvalue weighted by molar-refractivity contribution is 7.00. The quantitative estimate of drug-likeness (QED) is 0.141. The van der Waals surface area contributed by atoms with E-state index in [1.165, 1.54) is 157 Å². The molecule has 0 fully saturated rings. The van der Waals surface area contributed by atoms with Crippen LogP contribution in [0.15, 0.2) is 267 Å². The second kappa shape index (κ2) is 24.8. The van der Waals surface area contributed by atoms with E-state index in [2.05, 4.69) is 404 Å². The van der Waals surface area contributed by atoms with E-state index in [0.29, 0.717) is 0 Å². The average molecular weight is 1440 g/mol. The molecule has 4 aliphatic rings. The van der Waals surface area contributed by atoms with Crippen LogP contribution in [0.2, 0.25) is 0 Å². The molecule has 0 N–H and O–H groups in total. The number of fused-ring (bicyclic) bond motifs is 12. The molecule has 0 radical (unpaired) electrons. The van der Waals surface area contributed by atoms with Crippen LogP contribution >= 0.6 is 0 Å². The lowest BCUT2D eigenvalue weighted by Crippen LogP contribution is -2.61. The first kappa shape index (κ1) is 70.5. The van der Waals surface area contributed by atoms with Crippen LogP contribution in [0, 0.1) is 0 Å². The predicted molar refractivity (Wildman–Crippen MR) is 478 cm³/mol. The van der Waals surface area contributed by atoms with Crippen LogP contribution in [-0.4, -0.2) is 15.8 Å². The monoisotopic (exact) mass is 1440 g/mol. The zero-order valence-corrected chi connectivity index (χ0v) is 68.1. The van der Waals surface area contributed by atoms with Gasteiger partial charge in [0.15, 0.2) is 0 Å². The lowest BCUT2D eigenvalue weighted by molar-refractivity contribution is 0.332. The van der Waals surface area contributed by atoms with Crippen LogP contribution < -0.4 is 26.2 Å². The van der Waals surface area contributed by atoms with Gasteiger partial charge in [-0.1, -0.05) is 294 Å². The Bertz CT molecular complexity index is 6290. The van der Waals surface area contributed by atoms with E-state index in [0.717, 1.165) is 57.3 Å². The molecule has 2 aliphatic carbocycles. The van der Waals surface area contributed by atoms with Crippen molar-refractivity contribution in [2.45, 2.75) is 181 Å². The number of hydrogen-bond donors (Lipinski definition) is 0. The number of aromatic nitrogens is 2. The third-order valence-corrected chi connectivity index (χ3v) is 26.5. The number of anilines is 6. The van der Waals surface area contributed by atoms with E-state index >= 15 is 0 Å². The molecule has 5 heteroatoms. The number of rotatable bonds is 8. The normalized spacial score (nSPS) is 16.1. The maximum atomic E-state index is 2.66. The molecule has 15 aromatic rings. The fourth-order valence-electron chi connectivity index (χ4n) is 19.6. The van der Waals surface area contributed by atoms with E-state index in [9.17, 15) is 0 Å². The van der Waals surface area contributed by atoms with E-state index in [1.807, 2.05) is 0 Å². The molecule has 111 heavy (non-hydrogen) atoms. The highest BCUT2D eigenvalue weighted by Gasteiger charge is 2.46. The Morgan fingerprint density at radius 1 is 0.252 bits per heavy atom. The van der Waals surface area contributed by atoms with Crippen molar-refractivity contribution in [3.05, 3.63) is 306 Å². The molecule has 0 bridgehead atoms. The minimum atomic E-state index is -0.202. The minimum absolute atomic E-state index is 0.0290. The molecule has 4 heterocycles. The Hall–Kier alpha value is -10.9. The summed E-state index contributed by atoms with van der Waals surface area (Å²) < 4.78 is 5.10. The summed E-state index contributed by atoms with van der Waals surface area (Å²) in [6.45, 7) is 40.5. The van der Waals surface area contributed by atoms with E-state index in [1.54, 1.807) is 0 Å². The first-order valence-corrected chi connectivity index (χ1v) is 40.7. The van der Waals surface area contributed by atoms with Gasteiger partial charge in [0.05, 0.1) is 27.8 Å². The summed E-state index contributed by atoms with van der Waals surface area (Å²) in [5.74, 6) is 0. The Morgan fingerprint density at radius 3 is 1.18 bits per heavy atom. The summed E-state index contributed by atoms with van der Waals surface area (Å²) in [6, 6.07) is 105. The van der Waals surface area contributed by atoms with E-state index < -0.39 is 0 Å². The molecule has 19 rings (SSSR count). The molecule has 13 aromatic carbocycles. The van der Waals surface area contributed by atoms with Gasteiger partial charge in [0.2, 0.25) is 0 Å². The smallest absolute Gasteiger partial charge is 0.252 e. The molecule has 0 amide bonds. The van der Waals surface area contributed by atoms with Gasteiger partial charge >= 0.3 is 0 Å². The Labute approximate surface area is 658 Å². The van der Waals surface area contributed by atoms with Crippen LogP contribution in [-0.2, 0) is 37.9 Å². The van der Waals surface area contributed by atoms with Crippen LogP contribution in [0.25, 0.3) is 99.5 Å². The Balaban J connectivity index is 0.907. The summed E-state index contributed by atoms with van der Waals surface area (Å²) in [6.07, 6.45) is 4.69. The first-order valence-electron chi connectivity index (χ1n) is 40.7. The van der Waals surface area contributed by atoms with Crippen LogP contribution in [0.1, 0.15) is 182 Å². The Kier molecular flexibility index (Phi) is 15.8. The highest BCUT2D eigenvalue weighted by atomic mass is 15.2. The standard InChI is InChI=1S/C106H103BN4/c1-100(2,3)74-39-50-94-84(62-74)82-28-22-23-29-91(82)110(94)79-44-47-89-96(63-79)109(78-42-33-68(34-43-78)71-36-46-86-88(59-71)106(16,17)54-52-104(86,12)13)98-65-80(111-92-30-24-21-27-81(92)83-57-69(37-48-93(83)111)66-25-19-18-20-26-66)64-97-99(98)107(89)90-60-72(73-55-75(101(4,5)6)61-76(56-73)102(7,8)9)38-49-95(90)108(97)77-40-31-67(32-41-77)70-35-45-85-87(58-70)105(14,15)53-51-103(85,10)11/h18-50,55-65H,51-54H2,1-17H3. The lowest BCUT2D eigenvalue weighted by Gasteiger charge is -2.45. The molecule has 2 aromatic heterocycles. The molecule has 0 unspecified atom stereocenters. The molecule has 4 nitrogen and oxygen atoms in total. The second-order valence-corrected chi connectivity index (χ2v) is 38.8. The molecule has 550 valence electrons. The molecule has 0 saturated heterocycles. The van der Waals surface area contributed by atoms with Gasteiger partial charge in [0.1, 0.15) is 0 Å². The van der Waals surface area contributed by atoms with E-state index in [4.69, 9.17) is 0 Å². The van der Waals surface area contributed by atoms with Crippen molar-refractivity contribution >= 4 is 101 Å². The summed E-state index contributed by atoms with van der Waals surface area (Å²) in [5, 5.41) is 4.96. The number of para-hydroxylation sites is 2. The fourth-order valence-corrected chi connectivity index (χ4v) is 19.6. The van der Waals surface area contributed by atoms with Crippen molar-refractivity contribution in [1.82, 2.24) is 9.13 Å². The SMILES string of the molecule is CC(C)(C)c1cc(-c2ccc3c(c2)B2c4ccc(-n5c6ccccc6c6cc(C(C)(C)C)ccc65)cc4N(c4ccc(-c5ccc6c(c5)C(C)(C)CCC6(C)C)cc4)c4cc(-n5c6ccccc6c6cc(-c7ccccc7)ccc65)cc(c42)N3c2ccc(-c3ccc4c(c3)C(C)(C)CCC4(C)C)cc2)cc(C(C)(C)C)c1. The lowest BCUT2D eigenvalue weighted by atomic mass is 9.33. The highest BCUT2D eigenvalue weighted by Crippen LogP contribution is 2.53. The molecule has 0 spiro atoms.